The SMILES string of the molecule is Cc1ccc(C)c(CC2NCCCC2C(F)(F)F)c1. The molecule has 0 bridgehead atoms. The van der Waals surface area contributed by atoms with Gasteiger partial charge >= 0.3 is 6.18 Å². The third-order valence-electron chi connectivity index (χ3n) is 3.95. The monoisotopic (exact) mass is 271 g/mol. The molecule has 1 heterocycles. The topological polar surface area (TPSA) is 12.0 Å². The number of alkyl halides is 3. The molecule has 2 atom stereocenters. The Morgan fingerprint density at radius 2 is 2.00 bits per heavy atom. The van der Waals surface area contributed by atoms with Crippen LogP contribution in [0, 0.1) is 19.8 Å². The standard InChI is InChI=1S/C15H20F3N/c1-10-5-6-11(2)12(8-10)9-14-13(15(16,17)18)4-3-7-19-14/h5-6,8,13-14,19H,3-4,7,9H2,1-2H3. The molecule has 1 aliphatic heterocycles. The molecule has 0 spiro atoms. The Morgan fingerprint density at radius 1 is 1.26 bits per heavy atom. The number of hydrogen-bond donors (Lipinski definition) is 1. The van der Waals surface area contributed by atoms with Crippen molar-refractivity contribution in [3.8, 4) is 0 Å². The minimum absolute atomic E-state index is 0.242. The number of hydrogen-bond acceptors (Lipinski definition) is 1. The van der Waals surface area contributed by atoms with E-state index in [1.165, 1.54) is 0 Å². The summed E-state index contributed by atoms with van der Waals surface area (Å²) < 4.78 is 39.1. The Labute approximate surface area is 112 Å². The van der Waals surface area contributed by atoms with Gasteiger partial charge in [0.25, 0.3) is 0 Å². The van der Waals surface area contributed by atoms with Crippen molar-refractivity contribution in [3.05, 3.63) is 34.9 Å². The van der Waals surface area contributed by atoms with Crippen LogP contribution < -0.4 is 5.32 Å². The molecule has 1 nitrogen and oxygen atoms in total. The van der Waals surface area contributed by atoms with E-state index in [-0.39, 0.29) is 6.42 Å². The van der Waals surface area contributed by atoms with Crippen molar-refractivity contribution in [1.29, 1.82) is 0 Å². The van der Waals surface area contributed by atoms with Gasteiger partial charge in [-0.3, -0.25) is 0 Å². The molecule has 4 heteroatoms. The van der Waals surface area contributed by atoms with Gasteiger partial charge in [0.2, 0.25) is 0 Å². The molecule has 0 aromatic heterocycles. The number of rotatable bonds is 2. The number of halogens is 3. The van der Waals surface area contributed by atoms with Crippen molar-refractivity contribution < 1.29 is 13.2 Å². The zero-order chi connectivity index (χ0) is 14.0. The predicted octanol–water partition coefficient (Wildman–Crippen LogP) is 3.78. The van der Waals surface area contributed by atoms with Gasteiger partial charge in [-0.15, -0.1) is 0 Å². The molecular weight excluding hydrogens is 251 g/mol. The number of benzene rings is 1. The van der Waals surface area contributed by atoms with E-state index < -0.39 is 18.1 Å². The van der Waals surface area contributed by atoms with Gasteiger partial charge in [0, 0.05) is 6.04 Å². The lowest BCUT2D eigenvalue weighted by atomic mass is 9.85. The molecule has 0 amide bonds. The summed E-state index contributed by atoms with van der Waals surface area (Å²) in [6, 6.07) is 5.48. The first-order valence-corrected chi connectivity index (χ1v) is 6.74. The molecule has 0 aliphatic carbocycles. The highest BCUT2D eigenvalue weighted by Gasteiger charge is 2.45. The summed E-state index contributed by atoms with van der Waals surface area (Å²) in [4.78, 5) is 0. The highest BCUT2D eigenvalue weighted by molar-refractivity contribution is 5.31. The summed E-state index contributed by atoms with van der Waals surface area (Å²) in [7, 11) is 0. The Balaban J connectivity index is 2.17. The number of piperidine rings is 1. The molecule has 1 aromatic carbocycles. The third-order valence-corrected chi connectivity index (χ3v) is 3.95. The van der Waals surface area contributed by atoms with Crippen molar-refractivity contribution in [1.82, 2.24) is 5.32 Å². The average Bonchev–Trinajstić information content (AvgIpc) is 2.33. The van der Waals surface area contributed by atoms with Crippen LogP contribution in [0.1, 0.15) is 29.5 Å². The fourth-order valence-electron chi connectivity index (χ4n) is 2.82. The molecular formula is C15H20F3N. The summed E-state index contributed by atoms with van der Waals surface area (Å²) in [5.41, 5.74) is 3.19. The Hall–Kier alpha value is -1.03. The van der Waals surface area contributed by atoms with Gasteiger partial charge in [0.15, 0.2) is 0 Å². The van der Waals surface area contributed by atoms with Gasteiger partial charge in [0.05, 0.1) is 5.92 Å². The molecule has 1 N–H and O–H groups in total. The van der Waals surface area contributed by atoms with Gasteiger partial charge in [-0.2, -0.15) is 13.2 Å². The van der Waals surface area contributed by atoms with E-state index >= 15 is 0 Å². The molecule has 1 aliphatic rings. The van der Waals surface area contributed by atoms with Crippen molar-refractivity contribution >= 4 is 0 Å². The predicted molar refractivity (Wildman–Crippen MR) is 70.2 cm³/mol. The highest BCUT2D eigenvalue weighted by Crippen LogP contribution is 2.35. The number of nitrogens with one attached hydrogen (secondary N) is 1. The lowest BCUT2D eigenvalue weighted by Gasteiger charge is -2.34. The quantitative estimate of drug-likeness (QED) is 0.863. The van der Waals surface area contributed by atoms with E-state index in [2.05, 4.69) is 5.32 Å². The second-order valence-electron chi connectivity index (χ2n) is 5.49. The summed E-state index contributed by atoms with van der Waals surface area (Å²) in [6.07, 6.45) is -2.80. The van der Waals surface area contributed by atoms with E-state index in [1.54, 1.807) is 0 Å². The zero-order valence-electron chi connectivity index (χ0n) is 11.3. The Kier molecular flexibility index (Phi) is 4.19. The molecule has 2 rings (SSSR count). The van der Waals surface area contributed by atoms with Crippen LogP contribution in [-0.2, 0) is 6.42 Å². The fourth-order valence-corrected chi connectivity index (χ4v) is 2.82. The number of aryl methyl sites for hydroxylation is 2. The van der Waals surface area contributed by atoms with Crippen LogP contribution in [0.2, 0.25) is 0 Å². The lowest BCUT2D eigenvalue weighted by Crippen LogP contribution is -2.48. The van der Waals surface area contributed by atoms with Crippen molar-refractivity contribution in [2.75, 3.05) is 6.54 Å². The zero-order valence-corrected chi connectivity index (χ0v) is 11.3. The third kappa shape index (κ3) is 3.50. The minimum atomic E-state index is -4.10. The van der Waals surface area contributed by atoms with Gasteiger partial charge < -0.3 is 5.32 Å². The first kappa shape index (κ1) is 14.4. The normalized spacial score (nSPS) is 24.5. The van der Waals surface area contributed by atoms with Crippen molar-refractivity contribution in [3.63, 3.8) is 0 Å². The second kappa shape index (κ2) is 5.53. The van der Waals surface area contributed by atoms with Gasteiger partial charge in [-0.25, -0.2) is 0 Å². The maximum absolute atomic E-state index is 13.0. The average molecular weight is 271 g/mol. The molecule has 0 saturated carbocycles. The molecule has 106 valence electrons. The van der Waals surface area contributed by atoms with Gasteiger partial charge in [-0.05, 0) is 50.8 Å². The van der Waals surface area contributed by atoms with Crippen LogP contribution in [0.3, 0.4) is 0 Å². The first-order chi connectivity index (χ1) is 8.88. The Morgan fingerprint density at radius 3 is 2.68 bits per heavy atom. The largest absolute Gasteiger partial charge is 0.393 e. The van der Waals surface area contributed by atoms with E-state index in [9.17, 15) is 13.2 Å². The van der Waals surface area contributed by atoms with Gasteiger partial charge in [-0.1, -0.05) is 23.8 Å². The highest BCUT2D eigenvalue weighted by atomic mass is 19.4. The maximum atomic E-state index is 13.0. The molecule has 1 fully saturated rings. The molecule has 1 saturated heterocycles. The Bertz CT molecular complexity index is 440. The molecule has 2 unspecified atom stereocenters. The van der Waals surface area contributed by atoms with E-state index in [1.807, 2.05) is 32.0 Å². The molecule has 19 heavy (non-hydrogen) atoms. The van der Waals surface area contributed by atoms with Crippen LogP contribution in [0.25, 0.3) is 0 Å². The lowest BCUT2D eigenvalue weighted by molar-refractivity contribution is -0.188. The van der Waals surface area contributed by atoms with Crippen LogP contribution in [-0.4, -0.2) is 18.8 Å². The second-order valence-corrected chi connectivity index (χ2v) is 5.49. The first-order valence-electron chi connectivity index (χ1n) is 6.74. The van der Waals surface area contributed by atoms with Crippen LogP contribution in [0.4, 0.5) is 13.2 Å². The van der Waals surface area contributed by atoms with Crippen LogP contribution in [0.5, 0.6) is 0 Å². The van der Waals surface area contributed by atoms with E-state index in [0.717, 1.165) is 16.7 Å². The summed E-state index contributed by atoms with van der Waals surface area (Å²) in [5, 5.41) is 3.05. The summed E-state index contributed by atoms with van der Waals surface area (Å²) in [5.74, 6) is -1.22. The molecule has 0 radical (unpaired) electrons. The van der Waals surface area contributed by atoms with Crippen LogP contribution in [0.15, 0.2) is 18.2 Å². The van der Waals surface area contributed by atoms with E-state index in [4.69, 9.17) is 0 Å². The summed E-state index contributed by atoms with van der Waals surface area (Å²) >= 11 is 0. The van der Waals surface area contributed by atoms with Gasteiger partial charge in [0.1, 0.15) is 0 Å². The van der Waals surface area contributed by atoms with Crippen molar-refractivity contribution in [2.24, 2.45) is 5.92 Å². The smallest absolute Gasteiger partial charge is 0.313 e. The molecule has 1 aromatic rings. The maximum Gasteiger partial charge on any atom is 0.393 e. The fraction of sp³-hybridized carbons (Fsp3) is 0.600. The minimum Gasteiger partial charge on any atom is -0.313 e. The van der Waals surface area contributed by atoms with E-state index in [0.29, 0.717) is 19.4 Å². The summed E-state index contributed by atoms with van der Waals surface area (Å²) in [6.45, 7) is 4.61. The van der Waals surface area contributed by atoms with Crippen LogP contribution >= 0.6 is 0 Å². The van der Waals surface area contributed by atoms with Crippen molar-refractivity contribution in [2.45, 2.75) is 45.3 Å².